The Morgan fingerprint density at radius 2 is 1.92 bits per heavy atom. The van der Waals surface area contributed by atoms with Gasteiger partial charge in [-0.05, 0) is 12.0 Å². The smallest absolute Gasteiger partial charge is 0.0417 e. The summed E-state index contributed by atoms with van der Waals surface area (Å²) in [6.45, 7) is 2.17. The maximum atomic E-state index is 4.26. The Morgan fingerprint density at radius 1 is 1.25 bits per heavy atom. The molecule has 0 saturated carbocycles. The SMILES string of the molecule is CCCC(=NC)c1ccccc1. The lowest BCUT2D eigenvalue weighted by Gasteiger charge is -2.02. The first-order valence-electron chi connectivity index (χ1n) is 4.39. The van der Waals surface area contributed by atoms with Crippen LogP contribution in [0.15, 0.2) is 35.3 Å². The zero-order chi connectivity index (χ0) is 8.81. The highest BCUT2D eigenvalue weighted by atomic mass is 14.7. The maximum Gasteiger partial charge on any atom is 0.0417 e. The Hall–Kier alpha value is -1.11. The molecule has 0 unspecified atom stereocenters. The fraction of sp³-hybridized carbons (Fsp3) is 0.364. The summed E-state index contributed by atoms with van der Waals surface area (Å²) in [6, 6.07) is 10.4. The van der Waals surface area contributed by atoms with Gasteiger partial charge in [-0.2, -0.15) is 0 Å². The molecule has 1 heteroatoms. The molecule has 0 bridgehead atoms. The van der Waals surface area contributed by atoms with Gasteiger partial charge in [0.2, 0.25) is 0 Å². The van der Waals surface area contributed by atoms with E-state index in [4.69, 9.17) is 0 Å². The topological polar surface area (TPSA) is 12.4 Å². The normalized spacial score (nSPS) is 11.7. The molecular formula is C11H15N. The van der Waals surface area contributed by atoms with Gasteiger partial charge in [0.25, 0.3) is 0 Å². The first kappa shape index (κ1) is 8.98. The molecule has 64 valence electrons. The minimum absolute atomic E-state index is 1.07. The molecule has 1 nitrogen and oxygen atoms in total. The molecule has 1 rings (SSSR count). The molecular weight excluding hydrogens is 146 g/mol. The molecule has 0 saturated heterocycles. The summed E-state index contributed by atoms with van der Waals surface area (Å²) in [7, 11) is 1.86. The Bertz CT molecular complexity index is 249. The summed E-state index contributed by atoms with van der Waals surface area (Å²) >= 11 is 0. The van der Waals surface area contributed by atoms with Gasteiger partial charge in [-0.15, -0.1) is 0 Å². The molecule has 0 radical (unpaired) electrons. The summed E-state index contributed by atoms with van der Waals surface area (Å²) in [5.74, 6) is 0. The number of aliphatic imine (C=N–C) groups is 1. The van der Waals surface area contributed by atoms with E-state index >= 15 is 0 Å². The van der Waals surface area contributed by atoms with Crippen LogP contribution in [0.25, 0.3) is 0 Å². The molecule has 1 aromatic carbocycles. The van der Waals surface area contributed by atoms with Crippen LogP contribution in [0.3, 0.4) is 0 Å². The highest BCUT2D eigenvalue weighted by Gasteiger charge is 1.98. The summed E-state index contributed by atoms with van der Waals surface area (Å²) in [5, 5.41) is 0. The molecule has 0 aromatic heterocycles. The van der Waals surface area contributed by atoms with E-state index in [0.717, 1.165) is 12.8 Å². The molecule has 0 fully saturated rings. The minimum Gasteiger partial charge on any atom is -0.292 e. The predicted octanol–water partition coefficient (Wildman–Crippen LogP) is 2.91. The van der Waals surface area contributed by atoms with E-state index in [-0.39, 0.29) is 0 Å². The van der Waals surface area contributed by atoms with Crippen LogP contribution >= 0.6 is 0 Å². The monoisotopic (exact) mass is 161 g/mol. The van der Waals surface area contributed by atoms with E-state index in [9.17, 15) is 0 Å². The maximum absolute atomic E-state index is 4.26. The zero-order valence-electron chi connectivity index (χ0n) is 7.75. The van der Waals surface area contributed by atoms with E-state index in [2.05, 4.69) is 36.2 Å². The van der Waals surface area contributed by atoms with Crippen LogP contribution in [0, 0.1) is 0 Å². The fourth-order valence-corrected chi connectivity index (χ4v) is 1.25. The van der Waals surface area contributed by atoms with Crippen molar-refractivity contribution >= 4 is 5.71 Å². The van der Waals surface area contributed by atoms with Gasteiger partial charge in [0.1, 0.15) is 0 Å². The first-order valence-corrected chi connectivity index (χ1v) is 4.39. The van der Waals surface area contributed by atoms with Gasteiger partial charge in [0.15, 0.2) is 0 Å². The van der Waals surface area contributed by atoms with Crippen molar-refractivity contribution in [2.24, 2.45) is 4.99 Å². The summed E-state index contributed by atoms with van der Waals surface area (Å²) in [6.07, 6.45) is 2.22. The molecule has 0 N–H and O–H groups in total. The quantitative estimate of drug-likeness (QED) is 0.604. The Balaban J connectivity index is 2.82. The van der Waals surface area contributed by atoms with Gasteiger partial charge in [-0.3, -0.25) is 4.99 Å². The molecule has 0 aliphatic heterocycles. The highest BCUT2D eigenvalue weighted by Crippen LogP contribution is 2.05. The molecule has 12 heavy (non-hydrogen) atoms. The van der Waals surface area contributed by atoms with Crippen LogP contribution in [0.5, 0.6) is 0 Å². The van der Waals surface area contributed by atoms with Crippen LogP contribution in [0.1, 0.15) is 25.3 Å². The van der Waals surface area contributed by atoms with Gasteiger partial charge in [0.05, 0.1) is 0 Å². The van der Waals surface area contributed by atoms with Gasteiger partial charge in [-0.25, -0.2) is 0 Å². The molecule has 0 heterocycles. The number of rotatable bonds is 3. The van der Waals surface area contributed by atoms with Crippen molar-refractivity contribution in [1.29, 1.82) is 0 Å². The number of benzene rings is 1. The predicted molar refractivity (Wildman–Crippen MR) is 53.8 cm³/mol. The van der Waals surface area contributed by atoms with E-state index < -0.39 is 0 Å². The highest BCUT2D eigenvalue weighted by molar-refractivity contribution is 6.00. The second kappa shape index (κ2) is 4.70. The van der Waals surface area contributed by atoms with Gasteiger partial charge < -0.3 is 0 Å². The lowest BCUT2D eigenvalue weighted by atomic mass is 10.1. The van der Waals surface area contributed by atoms with Crippen molar-refractivity contribution < 1.29 is 0 Å². The van der Waals surface area contributed by atoms with Crippen molar-refractivity contribution in [1.82, 2.24) is 0 Å². The van der Waals surface area contributed by atoms with E-state index in [1.807, 2.05) is 13.1 Å². The lowest BCUT2D eigenvalue weighted by molar-refractivity contribution is 0.989. The standard InChI is InChI=1S/C11H15N/c1-3-7-11(12-2)10-8-5-4-6-9-10/h4-6,8-9H,3,7H2,1-2H3. The van der Waals surface area contributed by atoms with Crippen molar-refractivity contribution in [3.63, 3.8) is 0 Å². The van der Waals surface area contributed by atoms with E-state index in [1.165, 1.54) is 11.3 Å². The van der Waals surface area contributed by atoms with Gasteiger partial charge in [-0.1, -0.05) is 43.7 Å². The van der Waals surface area contributed by atoms with Crippen molar-refractivity contribution in [3.8, 4) is 0 Å². The molecule has 0 spiro atoms. The number of hydrogen-bond acceptors (Lipinski definition) is 1. The average molecular weight is 161 g/mol. The third kappa shape index (κ3) is 2.19. The van der Waals surface area contributed by atoms with E-state index in [1.54, 1.807) is 0 Å². The van der Waals surface area contributed by atoms with Crippen LogP contribution in [-0.2, 0) is 0 Å². The number of nitrogens with zero attached hydrogens (tertiary/aromatic N) is 1. The second-order valence-corrected chi connectivity index (χ2v) is 2.79. The molecule has 0 amide bonds. The molecule has 0 atom stereocenters. The van der Waals surface area contributed by atoms with Crippen LogP contribution in [-0.4, -0.2) is 12.8 Å². The fourth-order valence-electron chi connectivity index (χ4n) is 1.25. The largest absolute Gasteiger partial charge is 0.292 e. The average Bonchev–Trinajstić information content (AvgIpc) is 2.15. The summed E-state index contributed by atoms with van der Waals surface area (Å²) in [4.78, 5) is 4.26. The van der Waals surface area contributed by atoms with Crippen LogP contribution < -0.4 is 0 Å². The van der Waals surface area contributed by atoms with Crippen LogP contribution in [0.2, 0.25) is 0 Å². The zero-order valence-corrected chi connectivity index (χ0v) is 7.75. The van der Waals surface area contributed by atoms with Gasteiger partial charge in [0, 0.05) is 12.8 Å². The van der Waals surface area contributed by atoms with E-state index in [0.29, 0.717) is 0 Å². The molecule has 0 aliphatic rings. The first-order chi connectivity index (χ1) is 5.88. The summed E-state index contributed by atoms with van der Waals surface area (Å²) < 4.78 is 0. The molecule has 1 aromatic rings. The van der Waals surface area contributed by atoms with Crippen molar-refractivity contribution in [3.05, 3.63) is 35.9 Å². The third-order valence-corrected chi connectivity index (χ3v) is 1.86. The van der Waals surface area contributed by atoms with Crippen LogP contribution in [0.4, 0.5) is 0 Å². The number of hydrogen-bond donors (Lipinski definition) is 0. The Morgan fingerprint density at radius 3 is 2.42 bits per heavy atom. The Labute approximate surface area is 74.2 Å². The Kier molecular flexibility index (Phi) is 3.52. The lowest BCUT2D eigenvalue weighted by Crippen LogP contribution is -1.99. The van der Waals surface area contributed by atoms with Crippen molar-refractivity contribution in [2.75, 3.05) is 7.05 Å². The van der Waals surface area contributed by atoms with Gasteiger partial charge >= 0.3 is 0 Å². The molecule has 0 aliphatic carbocycles. The third-order valence-electron chi connectivity index (χ3n) is 1.86. The second-order valence-electron chi connectivity index (χ2n) is 2.79. The minimum atomic E-state index is 1.07. The summed E-state index contributed by atoms with van der Waals surface area (Å²) in [5.41, 5.74) is 2.46. The van der Waals surface area contributed by atoms with Crippen molar-refractivity contribution in [2.45, 2.75) is 19.8 Å².